The second-order valence-corrected chi connectivity index (χ2v) is 4.36. The van der Waals surface area contributed by atoms with Gasteiger partial charge < -0.3 is 0 Å². The predicted octanol–water partition coefficient (Wildman–Crippen LogP) is 2.51. The Morgan fingerprint density at radius 1 is 1.50 bits per heavy atom. The van der Waals surface area contributed by atoms with Crippen molar-refractivity contribution in [3.8, 4) is 0 Å². The molecule has 0 fully saturated rings. The minimum atomic E-state index is -0.394. The van der Waals surface area contributed by atoms with Crippen LogP contribution in [0.3, 0.4) is 0 Å². The molecule has 0 radical (unpaired) electrons. The van der Waals surface area contributed by atoms with Crippen LogP contribution in [0.5, 0.6) is 0 Å². The highest BCUT2D eigenvalue weighted by Gasteiger charge is 2.14. The van der Waals surface area contributed by atoms with E-state index in [2.05, 4.69) is 18.4 Å². The third-order valence-corrected chi connectivity index (χ3v) is 3.10. The molecule has 3 nitrogen and oxygen atoms in total. The molecule has 4 heteroatoms. The number of nitrogens with zero attached hydrogens (tertiary/aromatic N) is 1. The zero-order chi connectivity index (χ0) is 13.0. The van der Waals surface area contributed by atoms with E-state index in [4.69, 9.17) is 0 Å². The van der Waals surface area contributed by atoms with Gasteiger partial charge in [0, 0.05) is 18.7 Å². The molecule has 0 spiro atoms. The SMILES string of the molecule is CCC1=CCN(NC(=O)c2cccc(F)c2)CC1. The number of carbonyl (C=O) groups excluding carboxylic acids is 1. The lowest BCUT2D eigenvalue weighted by Gasteiger charge is -2.26. The van der Waals surface area contributed by atoms with Crippen LogP contribution < -0.4 is 5.43 Å². The Kier molecular flexibility index (Phi) is 4.10. The van der Waals surface area contributed by atoms with Crippen molar-refractivity contribution in [2.45, 2.75) is 19.8 Å². The Morgan fingerprint density at radius 3 is 2.94 bits per heavy atom. The molecular weight excluding hydrogens is 231 g/mol. The van der Waals surface area contributed by atoms with Crippen LogP contribution in [0.2, 0.25) is 0 Å². The van der Waals surface area contributed by atoms with Crippen molar-refractivity contribution in [1.29, 1.82) is 0 Å². The summed E-state index contributed by atoms with van der Waals surface area (Å²) in [6.07, 6.45) is 4.17. The smallest absolute Gasteiger partial charge is 0.265 e. The largest absolute Gasteiger partial charge is 0.284 e. The average Bonchev–Trinajstić information content (AvgIpc) is 2.39. The van der Waals surface area contributed by atoms with Gasteiger partial charge in [-0.25, -0.2) is 9.40 Å². The first-order valence-electron chi connectivity index (χ1n) is 6.18. The number of halogens is 1. The minimum absolute atomic E-state index is 0.261. The van der Waals surface area contributed by atoms with Crippen molar-refractivity contribution in [3.05, 3.63) is 47.3 Å². The molecule has 0 unspecified atom stereocenters. The van der Waals surface area contributed by atoms with E-state index in [0.29, 0.717) is 12.1 Å². The minimum Gasteiger partial charge on any atom is -0.284 e. The van der Waals surface area contributed by atoms with Crippen molar-refractivity contribution >= 4 is 5.91 Å². The van der Waals surface area contributed by atoms with E-state index in [-0.39, 0.29) is 5.91 Å². The van der Waals surface area contributed by atoms with Crippen molar-refractivity contribution < 1.29 is 9.18 Å². The molecule has 0 aromatic heterocycles. The lowest BCUT2D eigenvalue weighted by Crippen LogP contribution is -2.44. The lowest BCUT2D eigenvalue weighted by atomic mass is 10.1. The lowest BCUT2D eigenvalue weighted by molar-refractivity contribution is 0.0801. The standard InChI is InChI=1S/C14H17FN2O/c1-2-11-6-8-17(9-7-11)16-14(18)12-4-3-5-13(15)10-12/h3-6,10H,2,7-9H2,1H3,(H,16,18). The van der Waals surface area contributed by atoms with E-state index < -0.39 is 5.82 Å². The van der Waals surface area contributed by atoms with Crippen molar-refractivity contribution in [2.75, 3.05) is 13.1 Å². The first kappa shape index (κ1) is 12.8. The van der Waals surface area contributed by atoms with Crippen molar-refractivity contribution in [3.63, 3.8) is 0 Å². The summed E-state index contributed by atoms with van der Waals surface area (Å²) in [6, 6.07) is 5.71. The maximum Gasteiger partial charge on any atom is 0.265 e. The van der Waals surface area contributed by atoms with Crippen LogP contribution in [0.1, 0.15) is 30.1 Å². The Hall–Kier alpha value is -1.68. The van der Waals surface area contributed by atoms with E-state index in [0.717, 1.165) is 19.4 Å². The van der Waals surface area contributed by atoms with Gasteiger partial charge in [0.05, 0.1) is 0 Å². The summed E-state index contributed by atoms with van der Waals surface area (Å²) in [5.74, 6) is -0.655. The third-order valence-electron chi connectivity index (χ3n) is 3.10. The van der Waals surface area contributed by atoms with Gasteiger partial charge in [-0.15, -0.1) is 0 Å². The summed E-state index contributed by atoms with van der Waals surface area (Å²) in [5, 5.41) is 1.85. The van der Waals surface area contributed by atoms with Crippen LogP contribution in [0.25, 0.3) is 0 Å². The summed E-state index contributed by atoms with van der Waals surface area (Å²) >= 11 is 0. The van der Waals surface area contributed by atoms with Crippen LogP contribution in [-0.4, -0.2) is 24.0 Å². The number of hydrogen-bond donors (Lipinski definition) is 1. The molecule has 18 heavy (non-hydrogen) atoms. The molecule has 1 aromatic carbocycles. The van der Waals surface area contributed by atoms with Gasteiger partial charge >= 0.3 is 0 Å². The molecule has 1 aromatic rings. The van der Waals surface area contributed by atoms with E-state index in [1.807, 2.05) is 5.01 Å². The van der Waals surface area contributed by atoms with E-state index in [1.165, 1.54) is 23.8 Å². The molecule has 1 aliphatic rings. The number of benzene rings is 1. The normalized spacial score (nSPS) is 16.2. The Morgan fingerprint density at radius 2 is 2.33 bits per heavy atom. The molecule has 0 bridgehead atoms. The number of hydrogen-bond acceptors (Lipinski definition) is 2. The summed E-state index contributed by atoms with van der Waals surface area (Å²) in [7, 11) is 0. The second kappa shape index (κ2) is 5.78. The fourth-order valence-electron chi connectivity index (χ4n) is 1.97. The highest BCUT2D eigenvalue weighted by Crippen LogP contribution is 2.12. The highest BCUT2D eigenvalue weighted by atomic mass is 19.1. The van der Waals surface area contributed by atoms with Gasteiger partial charge in [-0.3, -0.25) is 10.2 Å². The van der Waals surface area contributed by atoms with Gasteiger partial charge in [0.2, 0.25) is 0 Å². The highest BCUT2D eigenvalue weighted by molar-refractivity contribution is 5.93. The van der Waals surface area contributed by atoms with Crippen LogP contribution >= 0.6 is 0 Å². The topological polar surface area (TPSA) is 32.3 Å². The van der Waals surface area contributed by atoms with Crippen molar-refractivity contribution in [2.24, 2.45) is 0 Å². The van der Waals surface area contributed by atoms with Gasteiger partial charge in [0.1, 0.15) is 5.82 Å². The molecule has 2 rings (SSSR count). The van der Waals surface area contributed by atoms with Crippen molar-refractivity contribution in [1.82, 2.24) is 10.4 Å². The van der Waals surface area contributed by atoms with Crippen LogP contribution in [0.4, 0.5) is 4.39 Å². The maximum atomic E-state index is 13.0. The number of hydrazine groups is 1. The number of amides is 1. The van der Waals surface area contributed by atoms with Crippen LogP contribution in [0.15, 0.2) is 35.9 Å². The zero-order valence-corrected chi connectivity index (χ0v) is 10.4. The predicted molar refractivity (Wildman–Crippen MR) is 68.4 cm³/mol. The molecule has 0 atom stereocenters. The maximum absolute atomic E-state index is 13.0. The molecule has 96 valence electrons. The molecular formula is C14H17FN2O. The fraction of sp³-hybridized carbons (Fsp3) is 0.357. The monoisotopic (exact) mass is 248 g/mol. The number of nitrogens with one attached hydrogen (secondary N) is 1. The zero-order valence-electron chi connectivity index (χ0n) is 10.4. The Labute approximate surface area is 106 Å². The fourth-order valence-corrected chi connectivity index (χ4v) is 1.97. The Bertz CT molecular complexity index is 471. The second-order valence-electron chi connectivity index (χ2n) is 4.36. The molecule has 0 aliphatic carbocycles. The van der Waals surface area contributed by atoms with Gasteiger partial charge in [0.25, 0.3) is 5.91 Å². The summed E-state index contributed by atoms with van der Waals surface area (Å²) in [4.78, 5) is 11.9. The summed E-state index contributed by atoms with van der Waals surface area (Å²) in [5.41, 5.74) is 4.56. The molecule has 1 amide bonds. The molecule has 0 saturated carbocycles. The quantitative estimate of drug-likeness (QED) is 0.834. The van der Waals surface area contributed by atoms with Gasteiger partial charge in [-0.2, -0.15) is 0 Å². The third kappa shape index (κ3) is 3.17. The molecule has 1 aliphatic heterocycles. The average molecular weight is 248 g/mol. The van der Waals surface area contributed by atoms with E-state index in [1.54, 1.807) is 6.07 Å². The first-order chi connectivity index (χ1) is 8.69. The van der Waals surface area contributed by atoms with Crippen LogP contribution in [-0.2, 0) is 0 Å². The number of rotatable bonds is 3. The van der Waals surface area contributed by atoms with Gasteiger partial charge in [-0.05, 0) is 31.0 Å². The summed E-state index contributed by atoms with van der Waals surface area (Å²) in [6.45, 7) is 3.65. The first-order valence-corrected chi connectivity index (χ1v) is 6.18. The molecule has 1 N–H and O–H groups in total. The van der Waals surface area contributed by atoms with Crippen LogP contribution in [0, 0.1) is 5.82 Å². The Balaban J connectivity index is 1.95. The number of carbonyl (C=O) groups is 1. The van der Waals surface area contributed by atoms with E-state index >= 15 is 0 Å². The molecule has 1 heterocycles. The molecule has 0 saturated heterocycles. The van der Waals surface area contributed by atoms with E-state index in [9.17, 15) is 9.18 Å². The van der Waals surface area contributed by atoms with Gasteiger partial charge in [-0.1, -0.05) is 24.6 Å². The summed E-state index contributed by atoms with van der Waals surface area (Å²) < 4.78 is 13.0. The van der Waals surface area contributed by atoms with Gasteiger partial charge in [0.15, 0.2) is 0 Å².